The fourth-order valence-electron chi connectivity index (χ4n) is 13.9. The number of aliphatic hydroxyl groups excluding tert-OH is 4. The molecule has 4 aliphatic heterocycles. The number of Topliss-reactive ketones (excluding diaryl/α,β-unsaturated/α-hetero) is 2. The van der Waals surface area contributed by atoms with E-state index in [2.05, 4.69) is 53.6 Å². The molecule has 2 aromatic rings. The van der Waals surface area contributed by atoms with Gasteiger partial charge in [0.25, 0.3) is 0 Å². The van der Waals surface area contributed by atoms with Crippen molar-refractivity contribution in [3.8, 4) is 46.7 Å². The fraction of sp³-hybridized carbons (Fsp3) is 0.667. The molecule has 3 unspecified atom stereocenters. The molecule has 9 rings (SSSR count). The number of nitrogens with one attached hydrogen (secondary N) is 3. The number of hydrogen-bond acceptors (Lipinski definition) is 27. The molecule has 7 aliphatic rings. The summed E-state index contributed by atoms with van der Waals surface area (Å²) < 4.78 is 74.4. The Kier molecular flexibility index (Phi) is 27.2. The summed E-state index contributed by atoms with van der Waals surface area (Å²) in [5, 5.41) is 65.0. The maximum Gasteiger partial charge on any atom is 0.229 e. The molecule has 2 saturated carbocycles. The molecular weight excluding hydrogens is 1430 g/mol. The SMILES string of the molecule is CCN[C@H]1CO[C@@H](O[C@H]2[C@H](O[C@H]3C#C/C=C(/C)C#CC45C(CC(C)=O)C(=O)C[C@]4(O)/C(=C/CSSC(C)(C)CNCCOc4ccccc4)C35)O[C@H](C)[C@@H](NO[C@H]3C[C@H](O)[C@H](SC(=O)c4c(C)c(I)c(O[C@@H]5O[C@@H](C)[C@H](O)[C@@H](OC)[C@H]5O)c(OC)c4OC)[C@@H](C)O3)[C@@H]2O)C[C@@H]1OC. The second-order valence-electron chi connectivity index (χ2n) is 26.0. The van der Waals surface area contributed by atoms with E-state index in [9.17, 15) is 39.9 Å². The van der Waals surface area contributed by atoms with Gasteiger partial charge in [0, 0.05) is 80.9 Å². The van der Waals surface area contributed by atoms with Crippen molar-refractivity contribution in [2.45, 2.75) is 208 Å². The minimum atomic E-state index is -1.78. The topological polar surface area (TPSA) is 308 Å². The van der Waals surface area contributed by atoms with E-state index in [0.29, 0.717) is 52.3 Å². The zero-order chi connectivity index (χ0) is 70.3. The van der Waals surface area contributed by atoms with Gasteiger partial charge in [0.1, 0.15) is 66.1 Å². The van der Waals surface area contributed by atoms with Gasteiger partial charge in [-0.05, 0) is 114 Å². The number of benzene rings is 2. The predicted octanol–water partition coefficient (Wildman–Crippen LogP) is 5.36. The molecule has 0 amide bonds. The van der Waals surface area contributed by atoms with Gasteiger partial charge >= 0.3 is 0 Å². The van der Waals surface area contributed by atoms with Crippen molar-refractivity contribution in [3.05, 3.63) is 68.3 Å². The number of hydroxylamine groups is 1. The van der Waals surface area contributed by atoms with E-state index in [1.54, 1.807) is 69.4 Å². The van der Waals surface area contributed by atoms with Gasteiger partial charge in [0.15, 0.2) is 30.4 Å². The van der Waals surface area contributed by atoms with Gasteiger partial charge in [-0.1, -0.05) is 88.2 Å². The van der Waals surface area contributed by atoms with E-state index in [4.69, 9.17) is 61.7 Å². The molecule has 6 fully saturated rings. The molecule has 1 spiro atoms. The number of para-hydroxylation sites is 1. The molecule has 0 aromatic heterocycles. The van der Waals surface area contributed by atoms with Crippen molar-refractivity contribution in [1.82, 2.24) is 16.1 Å². The molecule has 0 radical (unpaired) electrons. The molecular formula is C69H94IN3O21S3. The summed E-state index contributed by atoms with van der Waals surface area (Å²) in [6, 6.07) is 8.42. The van der Waals surface area contributed by atoms with Gasteiger partial charge in [-0.2, -0.15) is 5.48 Å². The van der Waals surface area contributed by atoms with E-state index < -0.39 is 125 Å². The molecule has 28 heteroatoms. The first kappa shape index (κ1) is 77.5. The Balaban J connectivity index is 0.928. The van der Waals surface area contributed by atoms with Crippen LogP contribution in [0.3, 0.4) is 0 Å². The Morgan fingerprint density at radius 1 is 0.887 bits per heavy atom. The highest BCUT2D eigenvalue weighted by atomic mass is 127. The monoisotopic (exact) mass is 1520 g/mol. The Hall–Kier alpha value is -3.65. The zero-order valence-corrected chi connectivity index (χ0v) is 61.6. The third-order valence-electron chi connectivity index (χ3n) is 18.8. The Bertz CT molecular complexity index is 3260. The number of halogens is 1. The van der Waals surface area contributed by atoms with Crippen LogP contribution in [-0.2, 0) is 52.3 Å². The van der Waals surface area contributed by atoms with E-state index in [1.165, 1.54) is 28.3 Å². The van der Waals surface area contributed by atoms with Crippen LogP contribution in [-0.4, -0.2) is 229 Å². The van der Waals surface area contributed by atoms with Crippen LogP contribution in [0.15, 0.2) is 53.6 Å². The van der Waals surface area contributed by atoms with Crippen LogP contribution < -0.4 is 35.1 Å². The highest BCUT2D eigenvalue weighted by Gasteiger charge is 2.78. The van der Waals surface area contributed by atoms with Crippen molar-refractivity contribution in [2.75, 3.05) is 67.0 Å². The summed E-state index contributed by atoms with van der Waals surface area (Å²) >= 11 is 2.85. The number of allylic oxidation sites excluding steroid dienone is 2. The molecule has 4 heterocycles. The van der Waals surface area contributed by atoms with Crippen molar-refractivity contribution in [1.29, 1.82) is 0 Å². The number of rotatable bonds is 29. The summed E-state index contributed by atoms with van der Waals surface area (Å²) in [4.78, 5) is 48.3. The fourth-order valence-corrected chi connectivity index (χ4v) is 18.0. The van der Waals surface area contributed by atoms with Crippen LogP contribution in [0.2, 0.25) is 0 Å². The molecule has 536 valence electrons. The number of carbonyl (C=O) groups is 3. The normalized spacial score (nSPS) is 36.5. The average Bonchev–Trinajstić information content (AvgIpc) is 1.55. The lowest BCUT2D eigenvalue weighted by Crippen LogP contribution is -2.69. The molecule has 0 bridgehead atoms. The number of likely N-dealkylation sites (N-methyl/N-ethyl adjacent to an activating group) is 1. The van der Waals surface area contributed by atoms with Gasteiger partial charge in [-0.15, -0.1) is 0 Å². The van der Waals surface area contributed by atoms with E-state index in [-0.39, 0.29) is 83.6 Å². The van der Waals surface area contributed by atoms with Crippen LogP contribution in [0, 0.1) is 51.4 Å². The zero-order valence-electron chi connectivity index (χ0n) is 57.0. The van der Waals surface area contributed by atoms with Crippen LogP contribution in [0.25, 0.3) is 0 Å². The number of ketones is 2. The molecule has 4 saturated heterocycles. The highest BCUT2D eigenvalue weighted by molar-refractivity contribution is 14.1. The molecule has 8 N–H and O–H groups in total. The van der Waals surface area contributed by atoms with Gasteiger partial charge in [-0.3, -0.25) is 14.4 Å². The molecule has 24 nitrogen and oxygen atoms in total. The molecule has 3 aliphatic carbocycles. The Labute approximate surface area is 593 Å². The van der Waals surface area contributed by atoms with E-state index in [1.807, 2.05) is 65.9 Å². The quantitative estimate of drug-likeness (QED) is 0.0127. The Morgan fingerprint density at radius 3 is 2.30 bits per heavy atom. The first-order chi connectivity index (χ1) is 46.3. The van der Waals surface area contributed by atoms with Crippen molar-refractivity contribution in [2.24, 2.45) is 17.3 Å². The van der Waals surface area contributed by atoms with Crippen LogP contribution in [0.4, 0.5) is 0 Å². The minimum absolute atomic E-state index is 0.0347. The van der Waals surface area contributed by atoms with Crippen molar-refractivity contribution < 1.29 is 102 Å². The van der Waals surface area contributed by atoms with Gasteiger partial charge in [0.05, 0.1) is 83.2 Å². The lowest BCUT2D eigenvalue weighted by Gasteiger charge is -2.60. The smallest absolute Gasteiger partial charge is 0.229 e. The van der Waals surface area contributed by atoms with Crippen LogP contribution in [0.1, 0.15) is 97.0 Å². The first-order valence-corrected chi connectivity index (χ1v) is 37.0. The summed E-state index contributed by atoms with van der Waals surface area (Å²) in [6.45, 7) is 18.9. The standard InChI is InChI=1S/C69H94IN3O21S3/c1-14-72-44-33-87-49(31-48(44)82-10)92-61-56(78)54(73-94-50-30-45(75)63(40(7)88-50)96-64(80)51-37(4)53(70)59(62(85-13)58(51)83-11)93-65-57(79)60(84-12)55(77)39(6)90-65)38(5)89-66(61)91-47-22-18-19-35(2)23-25-68-43(29-36(3)74)46(76)32-69(68,81)42(52(47)68)24-28-95-97-67(8,9)34-71-26-27-86-41-20-16-15-17-21-41/h15-17,19-21,24,38-40,43-45,47-50,52,54-57,60-61,63,65-66,71-73,75,77-79,81H,14,26-34H2,1-13H3/b35-19-,42-24+/t38-,39+,40-,43?,44+,45+,47+,48+,49+,50+,52?,54-,55+,56+,57-,60-,61-,63-,65+,66+,68?,69+/m1/s1. The largest absolute Gasteiger partial charge is 0.492 e. The summed E-state index contributed by atoms with van der Waals surface area (Å²) in [7, 11) is 8.97. The third-order valence-corrected chi connectivity index (χ3v) is 24.6. The second kappa shape index (κ2) is 34.1. The van der Waals surface area contributed by atoms with Crippen LogP contribution >= 0.6 is 55.9 Å². The minimum Gasteiger partial charge on any atom is -0.492 e. The lowest BCUT2D eigenvalue weighted by molar-refractivity contribution is -0.342. The van der Waals surface area contributed by atoms with Crippen molar-refractivity contribution in [3.63, 3.8) is 0 Å². The summed E-state index contributed by atoms with van der Waals surface area (Å²) in [5.41, 5.74) is 1.31. The number of aliphatic hydroxyl groups is 5. The number of hydrogen-bond donors (Lipinski definition) is 8. The van der Waals surface area contributed by atoms with Gasteiger partial charge in [-0.25, -0.2) is 0 Å². The van der Waals surface area contributed by atoms with E-state index in [0.717, 1.165) is 17.5 Å². The maximum atomic E-state index is 14.5. The van der Waals surface area contributed by atoms with Crippen LogP contribution in [0.5, 0.6) is 23.0 Å². The first-order valence-electron chi connectivity index (χ1n) is 32.7. The molecule has 22 atom stereocenters. The Morgan fingerprint density at radius 2 is 1.62 bits per heavy atom. The third kappa shape index (κ3) is 17.0. The second-order valence-corrected chi connectivity index (χ2v) is 31.3. The predicted molar refractivity (Wildman–Crippen MR) is 372 cm³/mol. The average molecular weight is 1520 g/mol. The van der Waals surface area contributed by atoms with Crippen molar-refractivity contribution >= 4 is 72.6 Å². The summed E-state index contributed by atoms with van der Waals surface area (Å²) in [6.07, 6.45) is -13.1. The highest BCUT2D eigenvalue weighted by Crippen LogP contribution is 2.70. The number of thioether (sulfide) groups is 1. The lowest BCUT2D eigenvalue weighted by atomic mass is 9.44. The van der Waals surface area contributed by atoms with E-state index >= 15 is 0 Å². The number of ether oxygens (including phenoxy) is 12. The van der Waals surface area contributed by atoms with Gasteiger partial charge < -0.3 is 97.8 Å². The number of methoxy groups -OCH3 is 4. The molecule has 97 heavy (non-hydrogen) atoms. The molecule has 2 aromatic carbocycles. The summed E-state index contributed by atoms with van der Waals surface area (Å²) in [5.74, 6) is 11.9. The maximum absolute atomic E-state index is 14.5. The van der Waals surface area contributed by atoms with Gasteiger partial charge in [0.2, 0.25) is 17.2 Å². The number of carbonyl (C=O) groups excluding carboxylic acids is 3.